The Balaban J connectivity index is 1.82. The van der Waals surface area contributed by atoms with Gasteiger partial charge in [-0.25, -0.2) is 4.79 Å². The van der Waals surface area contributed by atoms with Gasteiger partial charge < -0.3 is 10.1 Å². The third-order valence-corrected chi connectivity index (χ3v) is 4.42. The molecule has 1 heterocycles. The summed E-state index contributed by atoms with van der Waals surface area (Å²) in [6, 6.07) is 7.17. The van der Waals surface area contributed by atoms with E-state index in [1.54, 1.807) is 30.6 Å². The zero-order valence-electron chi connectivity index (χ0n) is 12.4. The standard InChI is InChI=1S/C15H15N3O3S2/c1-2-21-14(20)8-5-11-3-6-12(7-4-11)17-13(19)9-22-15-18-16-10-23-15/h3-8,10H,2,9H2,1H3,(H,17,19)/b8-5+. The van der Waals surface area contributed by atoms with Crippen LogP contribution < -0.4 is 5.32 Å². The number of nitrogens with one attached hydrogen (secondary N) is 1. The normalized spacial score (nSPS) is 10.7. The summed E-state index contributed by atoms with van der Waals surface area (Å²) in [5, 5.41) is 10.4. The molecule has 2 aromatic rings. The molecule has 120 valence electrons. The molecule has 23 heavy (non-hydrogen) atoms. The van der Waals surface area contributed by atoms with Crippen molar-refractivity contribution in [3.8, 4) is 0 Å². The van der Waals surface area contributed by atoms with Gasteiger partial charge in [-0.3, -0.25) is 4.79 Å². The number of thioether (sulfide) groups is 1. The summed E-state index contributed by atoms with van der Waals surface area (Å²) in [6.07, 6.45) is 3.03. The molecule has 0 aliphatic heterocycles. The Bertz CT molecular complexity index is 670. The van der Waals surface area contributed by atoms with Gasteiger partial charge in [0.05, 0.1) is 12.4 Å². The van der Waals surface area contributed by atoms with Crippen LogP contribution >= 0.6 is 23.1 Å². The second-order valence-electron chi connectivity index (χ2n) is 4.25. The molecule has 0 saturated carbocycles. The highest BCUT2D eigenvalue weighted by atomic mass is 32.2. The van der Waals surface area contributed by atoms with E-state index in [9.17, 15) is 9.59 Å². The number of rotatable bonds is 7. The molecule has 0 atom stereocenters. The highest BCUT2D eigenvalue weighted by Crippen LogP contribution is 2.19. The van der Waals surface area contributed by atoms with Crippen molar-refractivity contribution in [2.24, 2.45) is 0 Å². The van der Waals surface area contributed by atoms with E-state index in [0.29, 0.717) is 12.3 Å². The summed E-state index contributed by atoms with van der Waals surface area (Å²) in [4.78, 5) is 23.0. The fraction of sp³-hybridized carbons (Fsp3) is 0.200. The van der Waals surface area contributed by atoms with E-state index in [0.717, 1.165) is 9.90 Å². The molecule has 6 nitrogen and oxygen atoms in total. The van der Waals surface area contributed by atoms with E-state index >= 15 is 0 Å². The first-order chi connectivity index (χ1) is 11.2. The Morgan fingerprint density at radius 1 is 1.35 bits per heavy atom. The van der Waals surface area contributed by atoms with E-state index in [-0.39, 0.29) is 17.6 Å². The minimum atomic E-state index is -0.376. The van der Waals surface area contributed by atoms with Gasteiger partial charge in [0.25, 0.3) is 0 Å². The van der Waals surface area contributed by atoms with E-state index in [2.05, 4.69) is 15.5 Å². The van der Waals surface area contributed by atoms with Crippen molar-refractivity contribution in [3.63, 3.8) is 0 Å². The minimum absolute atomic E-state index is 0.111. The molecule has 1 amide bonds. The van der Waals surface area contributed by atoms with Gasteiger partial charge in [-0.1, -0.05) is 35.2 Å². The van der Waals surface area contributed by atoms with Crippen LogP contribution in [0.4, 0.5) is 5.69 Å². The molecule has 0 bridgehead atoms. The van der Waals surface area contributed by atoms with Crippen LogP contribution in [0.15, 0.2) is 40.2 Å². The number of amides is 1. The number of benzene rings is 1. The largest absolute Gasteiger partial charge is 0.463 e. The van der Waals surface area contributed by atoms with E-state index in [4.69, 9.17) is 4.74 Å². The lowest BCUT2D eigenvalue weighted by Crippen LogP contribution is -2.13. The highest BCUT2D eigenvalue weighted by molar-refractivity contribution is 8.01. The summed E-state index contributed by atoms with van der Waals surface area (Å²) < 4.78 is 5.57. The molecule has 0 fully saturated rings. The zero-order chi connectivity index (χ0) is 16.5. The number of anilines is 1. The maximum absolute atomic E-state index is 11.8. The average molecular weight is 349 g/mol. The van der Waals surface area contributed by atoms with Crippen molar-refractivity contribution >= 4 is 46.7 Å². The Morgan fingerprint density at radius 3 is 2.78 bits per heavy atom. The number of carbonyl (C=O) groups is 2. The van der Waals surface area contributed by atoms with Crippen LogP contribution in [0.2, 0.25) is 0 Å². The van der Waals surface area contributed by atoms with Crippen molar-refractivity contribution in [2.75, 3.05) is 17.7 Å². The van der Waals surface area contributed by atoms with E-state index in [1.165, 1.54) is 29.2 Å². The van der Waals surface area contributed by atoms with Crippen molar-refractivity contribution in [3.05, 3.63) is 41.4 Å². The molecule has 1 N–H and O–H groups in total. The minimum Gasteiger partial charge on any atom is -0.463 e. The second kappa shape index (κ2) is 9.06. The van der Waals surface area contributed by atoms with E-state index in [1.807, 2.05) is 12.1 Å². The second-order valence-corrected chi connectivity index (χ2v) is 6.30. The number of nitrogens with zero attached hydrogens (tertiary/aromatic N) is 2. The molecular formula is C15H15N3O3S2. The number of aromatic nitrogens is 2. The van der Waals surface area contributed by atoms with Gasteiger partial charge in [-0.15, -0.1) is 10.2 Å². The van der Waals surface area contributed by atoms with Crippen molar-refractivity contribution in [2.45, 2.75) is 11.3 Å². The summed E-state index contributed by atoms with van der Waals surface area (Å²) >= 11 is 2.74. The fourth-order valence-corrected chi connectivity index (χ4v) is 2.87. The Hall–Kier alpha value is -2.19. The smallest absolute Gasteiger partial charge is 0.330 e. The lowest BCUT2D eigenvalue weighted by Gasteiger charge is -2.04. The lowest BCUT2D eigenvalue weighted by atomic mass is 10.2. The first-order valence-corrected chi connectivity index (χ1v) is 8.67. The number of hydrogen-bond acceptors (Lipinski definition) is 7. The molecule has 1 aromatic heterocycles. The fourth-order valence-electron chi connectivity index (χ4n) is 1.58. The molecule has 0 spiro atoms. The van der Waals surface area contributed by atoms with Crippen LogP contribution in [0.3, 0.4) is 0 Å². The summed E-state index contributed by atoms with van der Waals surface area (Å²) in [7, 11) is 0. The van der Waals surface area contributed by atoms with Crippen LogP contribution in [0, 0.1) is 0 Å². The van der Waals surface area contributed by atoms with Crippen molar-refractivity contribution < 1.29 is 14.3 Å². The maximum Gasteiger partial charge on any atom is 0.330 e. The molecule has 0 unspecified atom stereocenters. The van der Waals surface area contributed by atoms with Crippen LogP contribution in [0.5, 0.6) is 0 Å². The Labute approximate surface area is 142 Å². The first kappa shape index (κ1) is 17.2. The van der Waals surface area contributed by atoms with Crippen LogP contribution in [-0.2, 0) is 14.3 Å². The quantitative estimate of drug-likeness (QED) is 0.470. The number of hydrogen-bond donors (Lipinski definition) is 1. The SMILES string of the molecule is CCOC(=O)/C=C/c1ccc(NC(=O)CSc2nncs2)cc1. The van der Waals surface area contributed by atoms with Crippen molar-refractivity contribution in [1.82, 2.24) is 10.2 Å². The number of esters is 1. The van der Waals surface area contributed by atoms with Crippen molar-refractivity contribution in [1.29, 1.82) is 0 Å². The maximum atomic E-state index is 11.8. The molecule has 2 rings (SSSR count). The van der Waals surface area contributed by atoms with Gasteiger partial charge >= 0.3 is 5.97 Å². The average Bonchev–Trinajstić information content (AvgIpc) is 3.06. The molecule has 0 radical (unpaired) electrons. The predicted molar refractivity (Wildman–Crippen MR) is 91.4 cm³/mol. The molecule has 0 saturated heterocycles. The third kappa shape index (κ3) is 6.21. The molecule has 1 aromatic carbocycles. The number of carbonyl (C=O) groups excluding carboxylic acids is 2. The first-order valence-electron chi connectivity index (χ1n) is 6.81. The van der Waals surface area contributed by atoms with Gasteiger partial charge in [0.2, 0.25) is 5.91 Å². The van der Waals surface area contributed by atoms with Crippen LogP contribution in [0.25, 0.3) is 6.08 Å². The predicted octanol–water partition coefficient (Wildman–Crippen LogP) is 2.85. The molecule has 0 aliphatic carbocycles. The van der Waals surface area contributed by atoms with Gasteiger partial charge in [0.15, 0.2) is 4.34 Å². The lowest BCUT2D eigenvalue weighted by molar-refractivity contribution is -0.137. The highest BCUT2D eigenvalue weighted by Gasteiger charge is 2.05. The molecule has 0 aliphatic rings. The molecular weight excluding hydrogens is 334 g/mol. The van der Waals surface area contributed by atoms with Gasteiger partial charge in [0, 0.05) is 11.8 Å². The number of ether oxygens (including phenoxy) is 1. The van der Waals surface area contributed by atoms with Gasteiger partial charge in [-0.2, -0.15) is 0 Å². The zero-order valence-corrected chi connectivity index (χ0v) is 14.0. The Kier molecular flexibility index (Phi) is 6.76. The van der Waals surface area contributed by atoms with Crippen LogP contribution in [0.1, 0.15) is 12.5 Å². The summed E-state index contributed by atoms with van der Waals surface area (Å²) in [5.74, 6) is -0.210. The molecule has 8 heteroatoms. The van der Waals surface area contributed by atoms with E-state index < -0.39 is 0 Å². The van der Waals surface area contributed by atoms with Gasteiger partial charge in [-0.05, 0) is 30.7 Å². The summed E-state index contributed by atoms with van der Waals surface area (Å²) in [6.45, 7) is 2.11. The Morgan fingerprint density at radius 2 is 2.13 bits per heavy atom. The monoisotopic (exact) mass is 349 g/mol. The third-order valence-electron chi connectivity index (χ3n) is 2.56. The summed E-state index contributed by atoms with van der Waals surface area (Å²) in [5.41, 5.74) is 3.17. The van der Waals surface area contributed by atoms with Gasteiger partial charge in [0.1, 0.15) is 5.51 Å². The topological polar surface area (TPSA) is 81.2 Å². The van der Waals surface area contributed by atoms with Crippen LogP contribution in [-0.4, -0.2) is 34.4 Å².